The fraction of sp³-hybridized carbons (Fsp3) is 0.417. The molecule has 1 saturated heterocycles. The average Bonchev–Trinajstić information content (AvgIpc) is 3.24. The Hall–Kier alpha value is -2.54. The van der Waals surface area contributed by atoms with Crippen LogP contribution in [0.25, 0.3) is 0 Å². The second-order valence-electron chi connectivity index (χ2n) is 8.20. The number of hydrogen-bond donors (Lipinski definition) is 2. The number of aryl methyl sites for hydroxylation is 1. The Morgan fingerprint density at radius 2 is 2.13 bits per heavy atom. The van der Waals surface area contributed by atoms with Crippen LogP contribution in [0, 0.1) is 5.92 Å². The first kappa shape index (κ1) is 21.7. The number of anilines is 2. The van der Waals surface area contributed by atoms with E-state index in [4.69, 9.17) is 4.74 Å². The molecule has 31 heavy (non-hydrogen) atoms. The molecule has 2 aliphatic heterocycles. The van der Waals surface area contributed by atoms with Gasteiger partial charge in [-0.2, -0.15) is 0 Å². The zero-order chi connectivity index (χ0) is 21.6. The molecule has 2 aromatic carbocycles. The largest absolute Gasteiger partial charge is 0.494 e. The summed E-state index contributed by atoms with van der Waals surface area (Å²) in [4.78, 5) is 26.0. The maximum Gasteiger partial charge on any atom is 0.224 e. The summed E-state index contributed by atoms with van der Waals surface area (Å²) in [7, 11) is 0. The van der Waals surface area contributed by atoms with Gasteiger partial charge in [-0.05, 0) is 67.1 Å². The first-order valence-electron chi connectivity index (χ1n) is 10.9. The van der Waals surface area contributed by atoms with Gasteiger partial charge in [-0.25, -0.2) is 0 Å². The lowest BCUT2D eigenvalue weighted by Crippen LogP contribution is -2.31. The summed E-state index contributed by atoms with van der Waals surface area (Å²) in [6.45, 7) is 3.22. The van der Waals surface area contributed by atoms with E-state index in [1.807, 2.05) is 24.3 Å². The van der Waals surface area contributed by atoms with Crippen molar-refractivity contribution in [2.45, 2.75) is 32.1 Å². The van der Waals surface area contributed by atoms with Gasteiger partial charge in [-0.15, -0.1) is 0 Å². The van der Waals surface area contributed by atoms with Crippen LogP contribution < -0.4 is 20.3 Å². The van der Waals surface area contributed by atoms with Gasteiger partial charge in [0.2, 0.25) is 11.8 Å². The van der Waals surface area contributed by atoms with Crippen molar-refractivity contribution in [2.24, 2.45) is 5.92 Å². The van der Waals surface area contributed by atoms with E-state index in [2.05, 4.69) is 49.7 Å². The number of halogens is 1. The molecule has 2 aromatic rings. The zero-order valence-electron chi connectivity index (χ0n) is 17.5. The van der Waals surface area contributed by atoms with Crippen LogP contribution in [0.5, 0.6) is 5.75 Å². The smallest absolute Gasteiger partial charge is 0.224 e. The fourth-order valence-corrected chi connectivity index (χ4v) is 4.51. The van der Waals surface area contributed by atoms with Crippen molar-refractivity contribution in [3.63, 3.8) is 0 Å². The third-order valence-electron chi connectivity index (χ3n) is 5.84. The molecule has 1 atom stereocenters. The van der Waals surface area contributed by atoms with Gasteiger partial charge >= 0.3 is 0 Å². The topological polar surface area (TPSA) is 70.7 Å². The molecular formula is C24H28BrN3O3. The Kier molecular flexibility index (Phi) is 7.12. The minimum atomic E-state index is 0.0608. The van der Waals surface area contributed by atoms with Gasteiger partial charge in [-0.1, -0.05) is 22.0 Å². The number of nitrogens with one attached hydrogen (secondary N) is 2. The highest BCUT2D eigenvalue weighted by molar-refractivity contribution is 9.10. The summed E-state index contributed by atoms with van der Waals surface area (Å²) in [5.74, 6) is 1.41. The van der Waals surface area contributed by atoms with Crippen molar-refractivity contribution in [3.8, 4) is 5.75 Å². The van der Waals surface area contributed by atoms with Crippen molar-refractivity contribution in [3.05, 3.63) is 52.5 Å². The summed E-state index contributed by atoms with van der Waals surface area (Å²) in [5.41, 5.74) is 3.20. The Morgan fingerprint density at radius 3 is 3.00 bits per heavy atom. The molecule has 1 unspecified atom stereocenters. The normalized spacial score (nSPS) is 17.8. The molecule has 0 aromatic heterocycles. The van der Waals surface area contributed by atoms with E-state index in [0.717, 1.165) is 53.9 Å². The van der Waals surface area contributed by atoms with Crippen LogP contribution >= 0.6 is 15.9 Å². The third kappa shape index (κ3) is 6.00. The van der Waals surface area contributed by atoms with Gasteiger partial charge in [0.15, 0.2) is 0 Å². The molecule has 0 saturated carbocycles. The molecule has 1 fully saturated rings. The van der Waals surface area contributed by atoms with Gasteiger partial charge < -0.3 is 20.3 Å². The Bertz CT molecular complexity index is 949. The summed E-state index contributed by atoms with van der Waals surface area (Å²) >= 11 is 3.53. The van der Waals surface area contributed by atoms with Crippen molar-refractivity contribution >= 4 is 39.1 Å². The van der Waals surface area contributed by atoms with Crippen molar-refractivity contribution in [2.75, 3.05) is 36.5 Å². The number of hydrogen-bond acceptors (Lipinski definition) is 4. The molecule has 2 heterocycles. The maximum absolute atomic E-state index is 12.2. The van der Waals surface area contributed by atoms with E-state index < -0.39 is 0 Å². The molecule has 7 heteroatoms. The van der Waals surface area contributed by atoms with E-state index in [-0.39, 0.29) is 11.8 Å². The first-order valence-corrected chi connectivity index (χ1v) is 11.7. The van der Waals surface area contributed by atoms with Gasteiger partial charge in [0.1, 0.15) is 5.75 Å². The van der Waals surface area contributed by atoms with Crippen LogP contribution in [0.2, 0.25) is 0 Å². The third-order valence-corrected chi connectivity index (χ3v) is 6.33. The Morgan fingerprint density at radius 1 is 1.23 bits per heavy atom. The van der Waals surface area contributed by atoms with Gasteiger partial charge in [0, 0.05) is 48.3 Å². The van der Waals surface area contributed by atoms with Gasteiger partial charge in [0.25, 0.3) is 0 Å². The van der Waals surface area contributed by atoms with Crippen molar-refractivity contribution in [1.29, 1.82) is 0 Å². The molecule has 2 aliphatic rings. The highest BCUT2D eigenvalue weighted by Gasteiger charge is 2.23. The number of amides is 2. The van der Waals surface area contributed by atoms with Gasteiger partial charge in [0.05, 0.1) is 6.61 Å². The zero-order valence-corrected chi connectivity index (χ0v) is 19.1. The number of carbonyl (C=O) groups excluding carboxylic acids is 2. The quantitative estimate of drug-likeness (QED) is 0.551. The SMILES string of the molecule is O=C(CCCOc1ccc2c(c1)CCC(=O)N2)NCC1CCN(c2cccc(Br)c2)C1. The second-order valence-corrected chi connectivity index (χ2v) is 9.12. The number of carbonyl (C=O) groups is 2. The molecule has 0 spiro atoms. The van der Waals surface area contributed by atoms with Crippen LogP contribution in [0.1, 0.15) is 31.2 Å². The predicted octanol–water partition coefficient (Wildman–Crippen LogP) is 4.14. The molecule has 2 N–H and O–H groups in total. The monoisotopic (exact) mass is 485 g/mol. The lowest BCUT2D eigenvalue weighted by molar-refractivity contribution is -0.121. The standard InChI is InChI=1S/C24H28BrN3O3/c25-19-3-1-4-20(14-19)28-11-10-17(16-28)15-26-23(29)5-2-12-31-21-7-8-22-18(13-21)6-9-24(30)27-22/h1,3-4,7-8,13-14,17H,2,5-6,9-12,15-16H2,(H,26,29)(H,27,30). The van der Waals surface area contributed by atoms with Crippen LogP contribution in [0.4, 0.5) is 11.4 Å². The summed E-state index contributed by atoms with van der Waals surface area (Å²) in [6, 6.07) is 14.1. The maximum atomic E-state index is 12.2. The van der Waals surface area contributed by atoms with Crippen LogP contribution in [0.3, 0.4) is 0 Å². The van der Waals surface area contributed by atoms with E-state index in [9.17, 15) is 9.59 Å². The molecular weight excluding hydrogens is 458 g/mol. The number of fused-ring (bicyclic) bond motifs is 1. The van der Waals surface area contributed by atoms with E-state index >= 15 is 0 Å². The lowest BCUT2D eigenvalue weighted by Gasteiger charge is -2.19. The highest BCUT2D eigenvalue weighted by Crippen LogP contribution is 2.27. The predicted molar refractivity (Wildman–Crippen MR) is 126 cm³/mol. The van der Waals surface area contributed by atoms with Gasteiger partial charge in [-0.3, -0.25) is 9.59 Å². The average molecular weight is 486 g/mol. The van der Waals surface area contributed by atoms with Crippen molar-refractivity contribution in [1.82, 2.24) is 5.32 Å². The molecule has 2 amide bonds. The summed E-state index contributed by atoms with van der Waals surface area (Å²) in [5, 5.41) is 5.95. The highest BCUT2D eigenvalue weighted by atomic mass is 79.9. The fourth-order valence-electron chi connectivity index (χ4n) is 4.13. The van der Waals surface area contributed by atoms with E-state index in [1.165, 1.54) is 5.69 Å². The van der Waals surface area contributed by atoms with Crippen molar-refractivity contribution < 1.29 is 14.3 Å². The Labute approximate surface area is 191 Å². The first-order chi connectivity index (χ1) is 15.1. The molecule has 0 aliphatic carbocycles. The van der Waals surface area contributed by atoms with Crippen LogP contribution in [-0.4, -0.2) is 38.1 Å². The number of benzene rings is 2. The van der Waals surface area contributed by atoms with E-state index in [0.29, 0.717) is 31.8 Å². The number of ether oxygens (including phenoxy) is 1. The number of rotatable bonds is 8. The Balaban J connectivity index is 1.13. The molecule has 164 valence electrons. The van der Waals surface area contributed by atoms with Crippen LogP contribution in [0.15, 0.2) is 46.9 Å². The summed E-state index contributed by atoms with van der Waals surface area (Å²) in [6.07, 6.45) is 3.48. The summed E-state index contributed by atoms with van der Waals surface area (Å²) < 4.78 is 6.89. The van der Waals surface area contributed by atoms with Crippen LogP contribution in [-0.2, 0) is 16.0 Å². The minimum absolute atomic E-state index is 0.0608. The van der Waals surface area contributed by atoms with E-state index in [1.54, 1.807) is 0 Å². The molecule has 4 rings (SSSR count). The lowest BCUT2D eigenvalue weighted by atomic mass is 10.0. The number of nitrogens with zero attached hydrogens (tertiary/aromatic N) is 1. The second kappa shape index (κ2) is 10.2. The molecule has 0 radical (unpaired) electrons. The molecule has 0 bridgehead atoms. The minimum Gasteiger partial charge on any atom is -0.494 e. The molecule has 6 nitrogen and oxygen atoms in total.